The summed E-state index contributed by atoms with van der Waals surface area (Å²) in [6.07, 6.45) is 2.66. The normalized spacial score (nSPS) is 14.0. The predicted molar refractivity (Wildman–Crippen MR) is 155 cm³/mol. The number of nitrogens with zero attached hydrogens (tertiary/aromatic N) is 6. The van der Waals surface area contributed by atoms with Crippen molar-refractivity contribution in [2.45, 2.75) is 40.2 Å². The highest BCUT2D eigenvalue weighted by Crippen LogP contribution is 2.33. The average Bonchev–Trinajstić information content (AvgIpc) is 2.91. The first-order valence-corrected chi connectivity index (χ1v) is 13.3. The number of amides is 1. The van der Waals surface area contributed by atoms with E-state index in [2.05, 4.69) is 37.1 Å². The van der Waals surface area contributed by atoms with E-state index in [9.17, 15) is 9.59 Å². The molecule has 40 heavy (non-hydrogen) atoms. The van der Waals surface area contributed by atoms with Crippen LogP contribution < -0.4 is 15.1 Å². The zero-order valence-electron chi connectivity index (χ0n) is 24.0. The highest BCUT2D eigenvalue weighted by molar-refractivity contribution is 6.04. The number of benzene rings is 1. The number of likely N-dealkylation sites (N-methyl/N-ethyl adjacent to an activating group) is 1. The minimum absolute atomic E-state index is 0.196. The third kappa shape index (κ3) is 7.03. The Labute approximate surface area is 235 Å². The molecular formula is C29H37N7O4. The van der Waals surface area contributed by atoms with Gasteiger partial charge in [0, 0.05) is 37.9 Å². The van der Waals surface area contributed by atoms with Gasteiger partial charge in [-0.15, -0.1) is 0 Å². The van der Waals surface area contributed by atoms with E-state index in [1.165, 1.54) is 4.90 Å². The Morgan fingerprint density at radius 2 is 1.75 bits per heavy atom. The van der Waals surface area contributed by atoms with Gasteiger partial charge < -0.3 is 24.6 Å². The number of piperazine rings is 1. The molecule has 3 heterocycles. The van der Waals surface area contributed by atoms with Gasteiger partial charge in [-0.3, -0.25) is 0 Å². The fourth-order valence-electron chi connectivity index (χ4n) is 4.19. The molecule has 4 rings (SSSR count). The summed E-state index contributed by atoms with van der Waals surface area (Å²) >= 11 is 0. The minimum atomic E-state index is -0.784. The number of hydrogen-bond acceptors (Lipinski definition) is 10. The second-order valence-electron chi connectivity index (χ2n) is 10.6. The molecule has 0 radical (unpaired) electrons. The number of carbonyl (C=O) groups excluding carboxylic acids is 2. The van der Waals surface area contributed by atoms with Crippen molar-refractivity contribution in [1.82, 2.24) is 19.9 Å². The Bertz CT molecular complexity index is 1330. The molecule has 1 saturated heterocycles. The first-order chi connectivity index (χ1) is 19.1. The van der Waals surface area contributed by atoms with Crippen LogP contribution >= 0.6 is 0 Å². The average molecular weight is 548 g/mol. The molecule has 0 unspecified atom stereocenters. The Morgan fingerprint density at radius 1 is 1.02 bits per heavy atom. The maximum absolute atomic E-state index is 13.6. The molecule has 2 aromatic heterocycles. The van der Waals surface area contributed by atoms with Gasteiger partial charge in [0.1, 0.15) is 11.4 Å². The van der Waals surface area contributed by atoms with Crippen molar-refractivity contribution in [1.29, 1.82) is 0 Å². The van der Waals surface area contributed by atoms with Gasteiger partial charge in [0.2, 0.25) is 5.95 Å². The Kier molecular flexibility index (Phi) is 8.83. The van der Waals surface area contributed by atoms with Crippen LogP contribution in [0.5, 0.6) is 0 Å². The van der Waals surface area contributed by atoms with Gasteiger partial charge in [0.05, 0.1) is 29.7 Å². The fraction of sp³-hybridized carbons (Fsp3) is 0.414. The van der Waals surface area contributed by atoms with Crippen LogP contribution in [0.25, 0.3) is 0 Å². The van der Waals surface area contributed by atoms with E-state index < -0.39 is 17.7 Å². The van der Waals surface area contributed by atoms with Crippen LogP contribution in [0.2, 0.25) is 0 Å². The van der Waals surface area contributed by atoms with Crippen molar-refractivity contribution in [3.63, 3.8) is 0 Å². The van der Waals surface area contributed by atoms with E-state index >= 15 is 0 Å². The molecular weight excluding hydrogens is 510 g/mol. The number of ether oxygens (including phenoxy) is 2. The van der Waals surface area contributed by atoms with E-state index in [0.717, 1.165) is 32.0 Å². The van der Waals surface area contributed by atoms with E-state index in [4.69, 9.17) is 9.47 Å². The van der Waals surface area contributed by atoms with Gasteiger partial charge in [-0.2, -0.15) is 4.98 Å². The maximum atomic E-state index is 13.6. The molecule has 0 aliphatic carbocycles. The SMILES string of the molecule is CCOC(=O)c1ccccc1N(C(=O)OC(C)(C)C)c1nc(Nc2ccc(N3CCN(C)CC3)nc2)ncc1C. The van der Waals surface area contributed by atoms with Crippen LogP contribution in [-0.4, -0.2) is 77.3 Å². The largest absolute Gasteiger partial charge is 0.462 e. The van der Waals surface area contributed by atoms with Gasteiger partial charge in [0.25, 0.3) is 0 Å². The van der Waals surface area contributed by atoms with Crippen LogP contribution in [-0.2, 0) is 9.47 Å². The third-order valence-electron chi connectivity index (χ3n) is 6.20. The quantitative estimate of drug-likeness (QED) is 0.409. The lowest BCUT2D eigenvalue weighted by molar-refractivity contribution is 0.0527. The fourth-order valence-corrected chi connectivity index (χ4v) is 4.19. The molecule has 1 fully saturated rings. The van der Waals surface area contributed by atoms with Gasteiger partial charge in [-0.25, -0.2) is 24.5 Å². The number of nitrogens with one attached hydrogen (secondary N) is 1. The molecule has 0 spiro atoms. The number of esters is 1. The number of pyridine rings is 1. The molecule has 11 nitrogen and oxygen atoms in total. The van der Waals surface area contributed by atoms with Crippen molar-refractivity contribution in [2.75, 3.05) is 55.0 Å². The Balaban J connectivity index is 1.66. The summed E-state index contributed by atoms with van der Waals surface area (Å²) < 4.78 is 11.0. The molecule has 0 bridgehead atoms. The number of rotatable bonds is 7. The molecule has 1 amide bonds. The van der Waals surface area contributed by atoms with Crippen LogP contribution in [0.3, 0.4) is 0 Å². The van der Waals surface area contributed by atoms with Crippen molar-refractivity contribution in [3.05, 3.63) is 59.9 Å². The number of aromatic nitrogens is 3. The van der Waals surface area contributed by atoms with Gasteiger partial charge in [-0.05, 0) is 65.9 Å². The van der Waals surface area contributed by atoms with Gasteiger partial charge in [-0.1, -0.05) is 12.1 Å². The number of carbonyl (C=O) groups is 2. The van der Waals surface area contributed by atoms with Gasteiger partial charge in [0.15, 0.2) is 5.82 Å². The molecule has 0 saturated carbocycles. The summed E-state index contributed by atoms with van der Waals surface area (Å²) in [4.78, 5) is 45.9. The van der Waals surface area contributed by atoms with Crippen LogP contribution in [0, 0.1) is 6.92 Å². The molecule has 1 N–H and O–H groups in total. The number of aryl methyl sites for hydroxylation is 1. The summed E-state index contributed by atoms with van der Waals surface area (Å²) in [7, 11) is 2.12. The molecule has 0 atom stereocenters. The lowest BCUT2D eigenvalue weighted by Gasteiger charge is -2.33. The monoisotopic (exact) mass is 547 g/mol. The van der Waals surface area contributed by atoms with Crippen LogP contribution in [0.1, 0.15) is 43.6 Å². The Morgan fingerprint density at radius 3 is 2.40 bits per heavy atom. The summed E-state index contributed by atoms with van der Waals surface area (Å²) in [6, 6.07) is 10.6. The molecule has 1 aromatic carbocycles. The minimum Gasteiger partial charge on any atom is -0.462 e. The predicted octanol–water partition coefficient (Wildman–Crippen LogP) is 4.93. The Hall–Kier alpha value is -4.25. The molecule has 3 aromatic rings. The maximum Gasteiger partial charge on any atom is 0.420 e. The van der Waals surface area contributed by atoms with E-state index in [1.807, 2.05) is 12.1 Å². The van der Waals surface area contributed by atoms with Crippen LogP contribution in [0.4, 0.5) is 33.8 Å². The zero-order valence-corrected chi connectivity index (χ0v) is 24.0. The van der Waals surface area contributed by atoms with Crippen molar-refractivity contribution in [2.24, 2.45) is 0 Å². The lowest BCUT2D eigenvalue weighted by atomic mass is 10.1. The number of hydrogen-bond donors (Lipinski definition) is 1. The number of para-hydroxylation sites is 1. The second kappa shape index (κ2) is 12.3. The molecule has 212 valence electrons. The molecule has 1 aliphatic heterocycles. The van der Waals surface area contributed by atoms with Crippen molar-refractivity contribution in [3.8, 4) is 0 Å². The van der Waals surface area contributed by atoms with Crippen molar-refractivity contribution >= 4 is 41.0 Å². The summed E-state index contributed by atoms with van der Waals surface area (Å²) in [5.74, 6) is 0.890. The van der Waals surface area contributed by atoms with E-state index in [-0.39, 0.29) is 23.9 Å². The standard InChI is InChI=1S/C29H37N7O4/c1-7-39-26(37)22-10-8-9-11-23(22)36(28(38)40-29(3,4)5)25-20(2)18-31-27(33-25)32-21-12-13-24(30-19-21)35-16-14-34(6)15-17-35/h8-13,18-19H,7,14-17H2,1-6H3,(H,31,32,33). The highest BCUT2D eigenvalue weighted by Gasteiger charge is 2.31. The van der Waals surface area contributed by atoms with Crippen molar-refractivity contribution < 1.29 is 19.1 Å². The first kappa shape index (κ1) is 28.8. The smallest absolute Gasteiger partial charge is 0.420 e. The van der Waals surface area contributed by atoms with E-state index in [0.29, 0.717) is 16.9 Å². The highest BCUT2D eigenvalue weighted by atomic mass is 16.6. The molecule has 11 heteroatoms. The van der Waals surface area contributed by atoms with Gasteiger partial charge >= 0.3 is 12.1 Å². The zero-order chi connectivity index (χ0) is 28.9. The molecule has 1 aliphatic rings. The second-order valence-corrected chi connectivity index (χ2v) is 10.6. The third-order valence-corrected chi connectivity index (χ3v) is 6.20. The summed E-state index contributed by atoms with van der Waals surface area (Å²) in [6.45, 7) is 12.9. The van der Waals surface area contributed by atoms with E-state index in [1.54, 1.807) is 71.3 Å². The summed E-state index contributed by atoms with van der Waals surface area (Å²) in [5, 5.41) is 3.18. The van der Waals surface area contributed by atoms with Crippen LogP contribution in [0.15, 0.2) is 48.8 Å². The number of anilines is 5. The first-order valence-electron chi connectivity index (χ1n) is 13.3. The lowest BCUT2D eigenvalue weighted by Crippen LogP contribution is -2.44. The summed E-state index contributed by atoms with van der Waals surface area (Å²) in [5.41, 5.74) is 1.03. The topological polar surface area (TPSA) is 113 Å².